The minimum absolute atomic E-state index is 0.0190. The Balaban J connectivity index is 2.99. The summed E-state index contributed by atoms with van der Waals surface area (Å²) in [6.45, 7) is 1.28. The summed E-state index contributed by atoms with van der Waals surface area (Å²) < 4.78 is 0. The van der Waals surface area contributed by atoms with Crippen molar-refractivity contribution in [3.05, 3.63) is 18.2 Å². The minimum Gasteiger partial charge on any atom is -0.480 e. The van der Waals surface area contributed by atoms with Gasteiger partial charge in [-0.15, -0.1) is 0 Å². The molecule has 1 rings (SSSR count). The van der Waals surface area contributed by atoms with E-state index in [-0.39, 0.29) is 17.9 Å². The molecule has 1 aromatic heterocycles. The lowest BCUT2D eigenvalue weighted by molar-refractivity contribution is -0.141. The molecule has 0 saturated carbocycles. The van der Waals surface area contributed by atoms with E-state index in [0.29, 0.717) is 5.69 Å². The summed E-state index contributed by atoms with van der Waals surface area (Å²) in [5.41, 5.74) is 6.05. The third-order valence-electron chi connectivity index (χ3n) is 4.01. The number of aromatic nitrogens is 2. The lowest BCUT2D eigenvalue weighted by Gasteiger charge is -2.26. The highest BCUT2D eigenvalue weighted by Crippen LogP contribution is 2.03. The van der Waals surface area contributed by atoms with Crippen LogP contribution in [0.4, 0.5) is 0 Å². The van der Waals surface area contributed by atoms with Gasteiger partial charge in [0.2, 0.25) is 17.7 Å². The van der Waals surface area contributed by atoms with Gasteiger partial charge in [-0.3, -0.25) is 14.4 Å². The first kappa shape index (κ1) is 25.7. The molecule has 0 saturated heterocycles. The maximum Gasteiger partial charge on any atom is 0.327 e. The third kappa shape index (κ3) is 7.85. The smallest absolute Gasteiger partial charge is 0.327 e. The first-order valence-corrected chi connectivity index (χ1v) is 10.1. The molecule has 0 radical (unpaired) electrons. The van der Waals surface area contributed by atoms with Gasteiger partial charge in [-0.05, 0) is 6.92 Å². The molecule has 168 valence electrons. The van der Waals surface area contributed by atoms with E-state index in [0.717, 1.165) is 0 Å². The third-order valence-corrected chi connectivity index (χ3v) is 4.76. The molecule has 5 atom stereocenters. The van der Waals surface area contributed by atoms with Gasteiger partial charge in [0, 0.05) is 29.8 Å². The summed E-state index contributed by atoms with van der Waals surface area (Å²) in [4.78, 5) is 55.1. The number of hydrogen-bond donors (Lipinski definition) is 9. The zero-order valence-corrected chi connectivity index (χ0v) is 17.9. The first-order chi connectivity index (χ1) is 14.1. The van der Waals surface area contributed by atoms with Gasteiger partial charge in [-0.2, -0.15) is 25.3 Å². The minimum atomic E-state index is -1.40. The second kappa shape index (κ2) is 12.4. The van der Waals surface area contributed by atoms with Crippen molar-refractivity contribution in [1.29, 1.82) is 0 Å². The molecule has 0 aliphatic carbocycles. The standard InChI is InChI=1S/C16H26N6O6S2/c1-7(23)12(22-13(24)9(17)4-29)15(26)20-10(2-8-3-18-6-19-8)14(25)21-11(5-30)16(27)28/h3,6-7,9-12,23,29-30H,2,4-5,17H2,1H3,(H,18,19)(H,20,26)(H,21,25)(H,22,24)(H,27,28). The highest BCUT2D eigenvalue weighted by molar-refractivity contribution is 7.80. The van der Waals surface area contributed by atoms with E-state index in [1.807, 2.05) is 0 Å². The van der Waals surface area contributed by atoms with Crippen LogP contribution in [0.3, 0.4) is 0 Å². The van der Waals surface area contributed by atoms with Gasteiger partial charge in [0.1, 0.15) is 18.1 Å². The number of nitrogens with two attached hydrogens (primary N) is 1. The molecule has 0 aliphatic rings. The van der Waals surface area contributed by atoms with Crippen molar-refractivity contribution in [1.82, 2.24) is 25.9 Å². The van der Waals surface area contributed by atoms with Crippen molar-refractivity contribution in [3.8, 4) is 0 Å². The van der Waals surface area contributed by atoms with Gasteiger partial charge in [0.05, 0.1) is 18.5 Å². The lowest BCUT2D eigenvalue weighted by Crippen LogP contribution is -2.60. The van der Waals surface area contributed by atoms with E-state index in [9.17, 15) is 24.3 Å². The van der Waals surface area contributed by atoms with Gasteiger partial charge >= 0.3 is 5.97 Å². The highest BCUT2D eigenvalue weighted by atomic mass is 32.1. The Kier molecular flexibility index (Phi) is 10.7. The average molecular weight is 463 g/mol. The number of hydrogen-bond acceptors (Lipinski definition) is 9. The molecule has 8 N–H and O–H groups in total. The summed E-state index contributed by atoms with van der Waals surface area (Å²) in [6, 6.07) is -4.90. The van der Waals surface area contributed by atoms with Crippen LogP contribution in [-0.4, -0.2) is 85.6 Å². The van der Waals surface area contributed by atoms with Crippen molar-refractivity contribution in [2.24, 2.45) is 5.73 Å². The van der Waals surface area contributed by atoms with Crippen LogP contribution in [-0.2, 0) is 25.6 Å². The maximum atomic E-state index is 12.7. The number of thiol groups is 2. The Hall–Kier alpha value is -2.29. The van der Waals surface area contributed by atoms with Gasteiger partial charge in [0.15, 0.2) is 0 Å². The molecule has 12 nitrogen and oxygen atoms in total. The number of aromatic amines is 1. The van der Waals surface area contributed by atoms with Gasteiger partial charge < -0.3 is 36.9 Å². The van der Waals surface area contributed by atoms with Crippen molar-refractivity contribution >= 4 is 48.9 Å². The molecular weight excluding hydrogens is 436 g/mol. The summed E-state index contributed by atoms with van der Waals surface area (Å²) in [5, 5.41) is 26.0. The number of aliphatic hydroxyl groups excluding tert-OH is 1. The maximum absolute atomic E-state index is 12.7. The lowest BCUT2D eigenvalue weighted by atomic mass is 10.1. The molecule has 14 heteroatoms. The predicted octanol–water partition coefficient (Wildman–Crippen LogP) is -2.94. The molecular formula is C16H26N6O6S2. The summed E-state index contributed by atoms with van der Waals surface area (Å²) in [7, 11) is 0. The molecule has 1 aromatic rings. The highest BCUT2D eigenvalue weighted by Gasteiger charge is 2.32. The predicted molar refractivity (Wildman–Crippen MR) is 113 cm³/mol. The van der Waals surface area contributed by atoms with Crippen LogP contribution in [0.5, 0.6) is 0 Å². The van der Waals surface area contributed by atoms with Crippen LogP contribution in [0.2, 0.25) is 0 Å². The second-order valence-corrected chi connectivity index (χ2v) is 7.17. The molecule has 0 fully saturated rings. The number of amides is 3. The number of carboxylic acids is 1. The van der Waals surface area contributed by atoms with E-state index in [2.05, 4.69) is 51.2 Å². The molecule has 0 aliphatic heterocycles. The van der Waals surface area contributed by atoms with Crippen LogP contribution in [0.1, 0.15) is 12.6 Å². The average Bonchev–Trinajstić information content (AvgIpc) is 3.20. The fourth-order valence-electron chi connectivity index (χ4n) is 2.29. The van der Waals surface area contributed by atoms with E-state index in [1.165, 1.54) is 19.4 Å². The number of rotatable bonds is 12. The molecule has 3 amide bonds. The Bertz CT molecular complexity index is 732. The number of nitrogens with zero attached hydrogens (tertiary/aromatic N) is 1. The Morgan fingerprint density at radius 1 is 1.10 bits per heavy atom. The zero-order chi connectivity index (χ0) is 22.8. The van der Waals surface area contributed by atoms with Crippen LogP contribution >= 0.6 is 25.3 Å². The number of aliphatic carboxylic acids is 1. The molecule has 0 aromatic carbocycles. The van der Waals surface area contributed by atoms with Crippen molar-refractivity contribution in [2.75, 3.05) is 11.5 Å². The van der Waals surface area contributed by atoms with Crippen molar-refractivity contribution in [2.45, 2.75) is 43.6 Å². The molecule has 0 spiro atoms. The Labute approximate surface area is 183 Å². The Morgan fingerprint density at radius 2 is 1.73 bits per heavy atom. The molecule has 1 heterocycles. The normalized spacial score (nSPS) is 15.9. The summed E-state index contributed by atoms with van der Waals surface area (Å²) >= 11 is 7.79. The van der Waals surface area contributed by atoms with Crippen LogP contribution in [0, 0.1) is 0 Å². The molecule has 5 unspecified atom stereocenters. The molecule has 0 bridgehead atoms. The molecule has 30 heavy (non-hydrogen) atoms. The monoisotopic (exact) mass is 462 g/mol. The zero-order valence-electron chi connectivity index (χ0n) is 16.1. The van der Waals surface area contributed by atoms with Crippen molar-refractivity contribution < 1.29 is 29.4 Å². The number of carbonyl (C=O) groups excluding carboxylic acids is 3. The topological polar surface area (TPSA) is 200 Å². The SMILES string of the molecule is CC(O)C(NC(=O)C(N)CS)C(=O)NC(Cc1cnc[nH]1)C(=O)NC(CS)C(=O)O. The van der Waals surface area contributed by atoms with Crippen molar-refractivity contribution in [3.63, 3.8) is 0 Å². The fourth-order valence-corrected chi connectivity index (χ4v) is 2.71. The van der Waals surface area contributed by atoms with Crippen LogP contribution < -0.4 is 21.7 Å². The van der Waals surface area contributed by atoms with Crippen LogP contribution in [0.15, 0.2) is 12.5 Å². The first-order valence-electron chi connectivity index (χ1n) is 8.87. The number of H-pyrrole nitrogens is 1. The van der Waals surface area contributed by atoms with E-state index in [1.54, 1.807) is 0 Å². The van der Waals surface area contributed by atoms with Crippen LogP contribution in [0.25, 0.3) is 0 Å². The van der Waals surface area contributed by atoms with Gasteiger partial charge in [-0.25, -0.2) is 9.78 Å². The van der Waals surface area contributed by atoms with E-state index in [4.69, 9.17) is 10.8 Å². The second-order valence-electron chi connectivity index (χ2n) is 6.44. The number of carbonyl (C=O) groups is 4. The Morgan fingerprint density at radius 3 is 2.20 bits per heavy atom. The number of nitrogens with one attached hydrogen (secondary N) is 4. The van der Waals surface area contributed by atoms with Gasteiger partial charge in [0.25, 0.3) is 0 Å². The van der Waals surface area contributed by atoms with Gasteiger partial charge in [-0.1, -0.05) is 0 Å². The number of aliphatic hydroxyl groups is 1. The quantitative estimate of drug-likeness (QED) is 0.147. The summed E-state index contributed by atoms with van der Waals surface area (Å²) in [6.07, 6.45) is 1.45. The van der Waals surface area contributed by atoms with E-state index >= 15 is 0 Å². The fraction of sp³-hybridized carbons (Fsp3) is 0.562. The summed E-state index contributed by atoms with van der Waals surface area (Å²) in [5.74, 6) is -3.80. The largest absolute Gasteiger partial charge is 0.480 e. The number of carboxylic acid groups (broad SMARTS) is 1. The van der Waals surface area contributed by atoms with E-state index < -0.39 is 54.0 Å². The number of imidazole rings is 1.